The Morgan fingerprint density at radius 2 is 1.96 bits per heavy atom. The van der Waals surface area contributed by atoms with Crippen LogP contribution in [0.1, 0.15) is 20.9 Å². The normalized spacial score (nSPS) is 16.1. The summed E-state index contributed by atoms with van der Waals surface area (Å²) in [5, 5.41) is 0. The minimum Gasteiger partial charge on any atom is -0.335 e. The predicted molar refractivity (Wildman–Crippen MR) is 94.7 cm³/mol. The smallest absolute Gasteiger partial charge is 0.273 e. The second kappa shape index (κ2) is 7.53. The van der Waals surface area contributed by atoms with E-state index in [4.69, 9.17) is 0 Å². The van der Waals surface area contributed by atoms with Crippen molar-refractivity contribution in [2.75, 3.05) is 32.7 Å². The van der Waals surface area contributed by atoms with Crippen molar-refractivity contribution < 1.29 is 4.79 Å². The van der Waals surface area contributed by atoms with Gasteiger partial charge in [0.1, 0.15) is 5.69 Å². The average Bonchev–Trinajstić information content (AvgIpc) is 3.02. The molecule has 1 aliphatic rings. The summed E-state index contributed by atoms with van der Waals surface area (Å²) in [6, 6.07) is 10.3. The summed E-state index contributed by atoms with van der Waals surface area (Å²) >= 11 is 1.53. The van der Waals surface area contributed by atoms with Crippen molar-refractivity contribution in [3.63, 3.8) is 0 Å². The molecule has 1 amide bonds. The molecule has 0 bridgehead atoms. The van der Waals surface area contributed by atoms with Crippen molar-refractivity contribution in [3.8, 4) is 0 Å². The maximum Gasteiger partial charge on any atom is 0.273 e. The SMILES string of the molecule is Cc1scnc1C(=O)N1CCN(C/C=C/c2ccccc2)CC1. The fraction of sp³-hybridized carbons (Fsp3) is 0.333. The van der Waals surface area contributed by atoms with Gasteiger partial charge in [-0.2, -0.15) is 0 Å². The van der Waals surface area contributed by atoms with E-state index in [0.29, 0.717) is 5.69 Å². The summed E-state index contributed by atoms with van der Waals surface area (Å²) < 4.78 is 0. The van der Waals surface area contributed by atoms with E-state index >= 15 is 0 Å². The number of hydrogen-bond donors (Lipinski definition) is 0. The number of thiazole rings is 1. The number of rotatable bonds is 4. The molecule has 4 nitrogen and oxygen atoms in total. The molecule has 0 saturated carbocycles. The number of piperazine rings is 1. The summed E-state index contributed by atoms with van der Waals surface area (Å²) in [6.07, 6.45) is 4.34. The summed E-state index contributed by atoms with van der Waals surface area (Å²) in [7, 11) is 0. The van der Waals surface area contributed by atoms with Gasteiger partial charge in [-0.05, 0) is 12.5 Å². The van der Waals surface area contributed by atoms with Crippen LogP contribution < -0.4 is 0 Å². The monoisotopic (exact) mass is 327 g/mol. The van der Waals surface area contributed by atoms with Crippen LogP contribution in [0.4, 0.5) is 0 Å². The fourth-order valence-electron chi connectivity index (χ4n) is 2.70. The van der Waals surface area contributed by atoms with E-state index in [9.17, 15) is 4.79 Å². The lowest BCUT2D eigenvalue weighted by Gasteiger charge is -2.33. The summed E-state index contributed by atoms with van der Waals surface area (Å²) in [5.74, 6) is 0.0724. The van der Waals surface area contributed by atoms with Gasteiger partial charge in [-0.25, -0.2) is 4.98 Å². The van der Waals surface area contributed by atoms with Crippen LogP contribution in [0.3, 0.4) is 0 Å². The van der Waals surface area contributed by atoms with E-state index in [2.05, 4.69) is 34.2 Å². The van der Waals surface area contributed by atoms with Crippen LogP contribution in [0.15, 0.2) is 41.9 Å². The Morgan fingerprint density at radius 1 is 1.22 bits per heavy atom. The van der Waals surface area contributed by atoms with Crippen molar-refractivity contribution in [1.29, 1.82) is 0 Å². The maximum absolute atomic E-state index is 12.4. The lowest BCUT2D eigenvalue weighted by atomic mass is 10.2. The highest BCUT2D eigenvalue weighted by Crippen LogP contribution is 2.15. The van der Waals surface area contributed by atoms with Gasteiger partial charge in [-0.15, -0.1) is 11.3 Å². The standard InChI is InChI=1S/C18H21N3OS/c1-15-17(19-14-23-15)18(22)21-12-10-20(11-13-21)9-5-8-16-6-3-2-4-7-16/h2-8,14H,9-13H2,1H3/b8-5+. The van der Waals surface area contributed by atoms with Gasteiger partial charge in [0.15, 0.2) is 0 Å². The summed E-state index contributed by atoms with van der Waals surface area (Å²) in [6.45, 7) is 6.24. The van der Waals surface area contributed by atoms with Gasteiger partial charge in [0.2, 0.25) is 0 Å². The van der Waals surface area contributed by atoms with E-state index in [1.807, 2.05) is 30.0 Å². The van der Waals surface area contributed by atoms with Crippen molar-refractivity contribution in [2.24, 2.45) is 0 Å². The number of hydrogen-bond acceptors (Lipinski definition) is 4. The molecule has 0 spiro atoms. The molecule has 1 aromatic carbocycles. The molecule has 0 unspecified atom stereocenters. The second-order valence-corrected chi connectivity index (χ2v) is 6.72. The zero-order chi connectivity index (χ0) is 16.1. The molecule has 0 aliphatic carbocycles. The molecule has 0 N–H and O–H groups in total. The van der Waals surface area contributed by atoms with E-state index in [0.717, 1.165) is 37.6 Å². The minimum absolute atomic E-state index is 0.0724. The van der Waals surface area contributed by atoms with E-state index in [1.165, 1.54) is 16.9 Å². The number of aryl methyl sites for hydroxylation is 1. The molecule has 2 aromatic rings. The molecule has 1 saturated heterocycles. The zero-order valence-corrected chi connectivity index (χ0v) is 14.1. The Balaban J connectivity index is 1.48. The molecule has 2 heterocycles. The Morgan fingerprint density at radius 3 is 2.61 bits per heavy atom. The van der Waals surface area contributed by atoms with Crippen LogP contribution in [0.2, 0.25) is 0 Å². The number of benzene rings is 1. The van der Waals surface area contributed by atoms with E-state index < -0.39 is 0 Å². The number of aromatic nitrogens is 1. The molecule has 1 aliphatic heterocycles. The first kappa shape index (κ1) is 15.9. The molecule has 0 radical (unpaired) electrons. The van der Waals surface area contributed by atoms with Gasteiger partial charge in [0, 0.05) is 37.6 Å². The summed E-state index contributed by atoms with van der Waals surface area (Å²) in [4.78, 5) is 21.9. The second-order valence-electron chi connectivity index (χ2n) is 5.66. The Hall–Kier alpha value is -1.98. The van der Waals surface area contributed by atoms with Crippen LogP contribution in [0, 0.1) is 6.92 Å². The Kier molecular flexibility index (Phi) is 5.20. The number of nitrogens with zero attached hydrogens (tertiary/aromatic N) is 3. The van der Waals surface area contributed by atoms with Crippen molar-refractivity contribution in [1.82, 2.24) is 14.8 Å². The van der Waals surface area contributed by atoms with Gasteiger partial charge >= 0.3 is 0 Å². The molecule has 0 atom stereocenters. The molecule has 1 aromatic heterocycles. The van der Waals surface area contributed by atoms with Crippen molar-refractivity contribution in [2.45, 2.75) is 6.92 Å². The van der Waals surface area contributed by atoms with Crippen LogP contribution in [-0.4, -0.2) is 53.4 Å². The zero-order valence-electron chi connectivity index (χ0n) is 13.3. The number of carbonyl (C=O) groups excluding carboxylic acids is 1. The third-order valence-corrected chi connectivity index (χ3v) is 4.84. The summed E-state index contributed by atoms with van der Waals surface area (Å²) in [5.41, 5.74) is 3.58. The van der Waals surface area contributed by atoms with Crippen LogP contribution in [-0.2, 0) is 0 Å². The molecular formula is C18H21N3OS. The third kappa shape index (κ3) is 4.06. The third-order valence-electron chi connectivity index (χ3n) is 4.08. The van der Waals surface area contributed by atoms with E-state index in [-0.39, 0.29) is 5.91 Å². The van der Waals surface area contributed by atoms with Crippen LogP contribution in [0.5, 0.6) is 0 Å². The quantitative estimate of drug-likeness (QED) is 0.866. The maximum atomic E-state index is 12.4. The lowest BCUT2D eigenvalue weighted by molar-refractivity contribution is 0.0644. The van der Waals surface area contributed by atoms with Crippen molar-refractivity contribution in [3.05, 3.63) is 58.1 Å². The Labute approximate surface area is 141 Å². The van der Waals surface area contributed by atoms with Crippen LogP contribution >= 0.6 is 11.3 Å². The highest BCUT2D eigenvalue weighted by molar-refractivity contribution is 7.09. The Bertz CT molecular complexity index is 673. The molecule has 3 rings (SSSR count). The first-order valence-electron chi connectivity index (χ1n) is 7.87. The lowest BCUT2D eigenvalue weighted by Crippen LogP contribution is -2.48. The topological polar surface area (TPSA) is 36.4 Å². The number of amides is 1. The molecule has 23 heavy (non-hydrogen) atoms. The van der Waals surface area contributed by atoms with Gasteiger partial charge in [0.05, 0.1) is 5.51 Å². The highest BCUT2D eigenvalue weighted by Gasteiger charge is 2.23. The predicted octanol–water partition coefficient (Wildman–Crippen LogP) is 2.92. The first-order chi connectivity index (χ1) is 11.2. The van der Waals surface area contributed by atoms with Crippen LogP contribution in [0.25, 0.3) is 6.08 Å². The molecule has 120 valence electrons. The first-order valence-corrected chi connectivity index (χ1v) is 8.75. The largest absolute Gasteiger partial charge is 0.335 e. The molecular weight excluding hydrogens is 306 g/mol. The van der Waals surface area contributed by atoms with Gasteiger partial charge in [0.25, 0.3) is 5.91 Å². The minimum atomic E-state index is 0.0724. The van der Waals surface area contributed by atoms with E-state index in [1.54, 1.807) is 5.51 Å². The van der Waals surface area contributed by atoms with Gasteiger partial charge in [-0.3, -0.25) is 9.69 Å². The fourth-order valence-corrected chi connectivity index (χ4v) is 3.26. The van der Waals surface area contributed by atoms with Gasteiger partial charge < -0.3 is 4.90 Å². The van der Waals surface area contributed by atoms with Crippen molar-refractivity contribution >= 4 is 23.3 Å². The van der Waals surface area contributed by atoms with Gasteiger partial charge in [-0.1, -0.05) is 42.5 Å². The average molecular weight is 327 g/mol. The number of carbonyl (C=O) groups is 1. The molecule has 1 fully saturated rings. The molecule has 5 heteroatoms. The highest BCUT2D eigenvalue weighted by atomic mass is 32.1.